The van der Waals surface area contributed by atoms with Crippen LogP contribution in [-0.4, -0.2) is 7.05 Å². The minimum Gasteiger partial charge on any atom is -0.313 e. The number of nitrogens with one attached hydrogen (secondary N) is 3. The molecule has 58 valence electrons. The van der Waals surface area contributed by atoms with Gasteiger partial charge >= 0.3 is 0 Å². The number of hydrazine groups is 2. The standard InChI is InChI=1S/C4H11N3.C2H6.H2/c1-4(2)6-7-5-3;1-2;/h5-7H,1H2,2-3H3;1-2H3;1H. The molecule has 0 saturated heterocycles. The van der Waals surface area contributed by atoms with Crippen molar-refractivity contribution in [2.75, 3.05) is 7.05 Å². The lowest BCUT2D eigenvalue weighted by Gasteiger charge is -2.02. The third kappa shape index (κ3) is 18.6. The molecule has 0 aliphatic rings. The third-order valence-electron chi connectivity index (χ3n) is 0.401. The number of hydrogen-bond acceptors (Lipinski definition) is 3. The van der Waals surface area contributed by atoms with Gasteiger partial charge in [-0.15, -0.1) is 0 Å². The molecule has 3 N–H and O–H groups in total. The van der Waals surface area contributed by atoms with Crippen molar-refractivity contribution in [3.63, 3.8) is 0 Å². The van der Waals surface area contributed by atoms with Crippen LogP contribution in [0, 0.1) is 0 Å². The van der Waals surface area contributed by atoms with Crippen molar-refractivity contribution in [2.45, 2.75) is 20.8 Å². The molecule has 0 bridgehead atoms. The van der Waals surface area contributed by atoms with Crippen molar-refractivity contribution in [3.8, 4) is 0 Å². The summed E-state index contributed by atoms with van der Waals surface area (Å²) in [5.74, 6) is 0. The average Bonchev–Trinajstić information content (AvgIpc) is 1.88. The molecule has 0 aromatic carbocycles. The molecule has 0 saturated carbocycles. The van der Waals surface area contributed by atoms with Gasteiger partial charge in [-0.3, -0.25) is 0 Å². The molecule has 3 nitrogen and oxygen atoms in total. The second-order valence-electron chi connectivity index (χ2n) is 1.28. The van der Waals surface area contributed by atoms with E-state index in [0.717, 1.165) is 5.70 Å². The summed E-state index contributed by atoms with van der Waals surface area (Å²) in [6, 6.07) is 0. The Bertz CT molecular complexity index is 66.0. The van der Waals surface area contributed by atoms with E-state index in [1.165, 1.54) is 0 Å². The van der Waals surface area contributed by atoms with Crippen LogP contribution in [0.15, 0.2) is 12.3 Å². The highest BCUT2D eigenvalue weighted by atomic mass is 15.6. The van der Waals surface area contributed by atoms with Crippen molar-refractivity contribution in [2.24, 2.45) is 0 Å². The molecular weight excluding hydrogens is 114 g/mol. The lowest BCUT2D eigenvalue weighted by atomic mass is 10.6. The molecule has 9 heavy (non-hydrogen) atoms. The second kappa shape index (κ2) is 10.4. The van der Waals surface area contributed by atoms with Gasteiger partial charge in [-0.25, -0.2) is 5.43 Å². The van der Waals surface area contributed by atoms with E-state index in [1.807, 2.05) is 20.8 Å². The summed E-state index contributed by atoms with van der Waals surface area (Å²) in [4.78, 5) is 0. The summed E-state index contributed by atoms with van der Waals surface area (Å²) in [7, 11) is 1.77. The quantitative estimate of drug-likeness (QED) is 0.503. The summed E-state index contributed by atoms with van der Waals surface area (Å²) in [5.41, 5.74) is 8.95. The summed E-state index contributed by atoms with van der Waals surface area (Å²) in [6.45, 7) is 9.44. The van der Waals surface area contributed by atoms with Gasteiger partial charge in [-0.1, -0.05) is 20.4 Å². The van der Waals surface area contributed by atoms with Crippen molar-refractivity contribution >= 4 is 0 Å². The number of hydrogen-bond donors (Lipinski definition) is 3. The molecule has 0 spiro atoms. The Morgan fingerprint density at radius 3 is 2.00 bits per heavy atom. The zero-order valence-electron chi connectivity index (χ0n) is 6.71. The van der Waals surface area contributed by atoms with Crippen molar-refractivity contribution < 1.29 is 1.43 Å². The Labute approximate surface area is 59.0 Å². The second-order valence-corrected chi connectivity index (χ2v) is 1.28. The van der Waals surface area contributed by atoms with E-state index < -0.39 is 0 Å². The maximum atomic E-state index is 3.58. The molecular formula is C6H19N3. The van der Waals surface area contributed by atoms with E-state index in [1.54, 1.807) is 7.05 Å². The van der Waals surface area contributed by atoms with Crippen LogP contribution in [0.3, 0.4) is 0 Å². The van der Waals surface area contributed by atoms with Gasteiger partial charge in [0, 0.05) is 14.2 Å². The number of allylic oxidation sites excluding steroid dienone is 1. The van der Waals surface area contributed by atoms with Gasteiger partial charge in [-0.05, 0) is 6.92 Å². The molecule has 0 aliphatic heterocycles. The van der Waals surface area contributed by atoms with Gasteiger partial charge in [0.25, 0.3) is 0 Å². The fraction of sp³-hybridized carbons (Fsp3) is 0.667. The topological polar surface area (TPSA) is 36.1 Å². The van der Waals surface area contributed by atoms with Crippen molar-refractivity contribution in [3.05, 3.63) is 12.3 Å². The highest BCUT2D eigenvalue weighted by Gasteiger charge is 1.72. The Morgan fingerprint density at radius 1 is 1.44 bits per heavy atom. The number of rotatable bonds is 3. The van der Waals surface area contributed by atoms with Crippen LogP contribution in [0.1, 0.15) is 22.2 Å². The molecule has 0 fully saturated rings. The fourth-order valence-electron chi connectivity index (χ4n) is 0.169. The normalized spacial score (nSPS) is 7.11. The molecule has 0 aromatic rings. The van der Waals surface area contributed by atoms with Crippen LogP contribution >= 0.6 is 0 Å². The largest absolute Gasteiger partial charge is 0.313 e. The third-order valence-corrected chi connectivity index (χ3v) is 0.401. The van der Waals surface area contributed by atoms with Gasteiger partial charge in [0.1, 0.15) is 0 Å². The van der Waals surface area contributed by atoms with Gasteiger partial charge in [-0.2, -0.15) is 5.53 Å². The SMILES string of the molecule is C=C(C)NNNC.CC.[HH]. The zero-order valence-corrected chi connectivity index (χ0v) is 6.71. The molecule has 0 rings (SSSR count). The van der Waals surface area contributed by atoms with E-state index >= 15 is 0 Å². The maximum absolute atomic E-state index is 3.58. The van der Waals surface area contributed by atoms with E-state index in [-0.39, 0.29) is 1.43 Å². The van der Waals surface area contributed by atoms with Gasteiger partial charge in [0.15, 0.2) is 0 Å². The summed E-state index contributed by atoms with van der Waals surface area (Å²) < 4.78 is 0. The molecule has 0 aliphatic carbocycles. The predicted molar refractivity (Wildman–Crippen MR) is 43.6 cm³/mol. The molecule has 0 atom stereocenters. The van der Waals surface area contributed by atoms with Gasteiger partial charge in [0.2, 0.25) is 0 Å². The average molecular weight is 133 g/mol. The highest BCUT2D eigenvalue weighted by Crippen LogP contribution is 1.68. The fourth-order valence-corrected chi connectivity index (χ4v) is 0.169. The molecule has 0 unspecified atom stereocenters. The van der Waals surface area contributed by atoms with Crippen LogP contribution in [0.4, 0.5) is 0 Å². The van der Waals surface area contributed by atoms with Crippen molar-refractivity contribution in [1.82, 2.24) is 16.4 Å². The van der Waals surface area contributed by atoms with E-state index in [2.05, 4.69) is 23.0 Å². The van der Waals surface area contributed by atoms with Crippen LogP contribution in [0.5, 0.6) is 0 Å². The Hall–Kier alpha value is -0.540. The maximum Gasteiger partial charge on any atom is 0.0172 e. The van der Waals surface area contributed by atoms with Crippen LogP contribution < -0.4 is 16.4 Å². The molecule has 0 aromatic heterocycles. The first kappa shape index (κ1) is 11.3. The lowest BCUT2D eigenvalue weighted by molar-refractivity contribution is 0.523. The first-order chi connectivity index (χ1) is 4.27. The molecule has 0 amide bonds. The van der Waals surface area contributed by atoms with E-state index in [4.69, 9.17) is 0 Å². The first-order valence-electron chi connectivity index (χ1n) is 3.10. The van der Waals surface area contributed by atoms with Crippen LogP contribution in [0.25, 0.3) is 0 Å². The van der Waals surface area contributed by atoms with Crippen LogP contribution in [0.2, 0.25) is 0 Å². The minimum atomic E-state index is 0. The monoisotopic (exact) mass is 133 g/mol. The Balaban J connectivity index is -0.000000149. The lowest BCUT2D eigenvalue weighted by Crippen LogP contribution is -2.39. The predicted octanol–water partition coefficient (Wildman–Crippen LogP) is 1.02. The Morgan fingerprint density at radius 2 is 1.89 bits per heavy atom. The smallest absolute Gasteiger partial charge is 0.0172 e. The van der Waals surface area contributed by atoms with Crippen molar-refractivity contribution in [1.29, 1.82) is 0 Å². The van der Waals surface area contributed by atoms with Gasteiger partial charge in [0.05, 0.1) is 0 Å². The molecule has 3 heteroatoms. The Kier molecular flexibility index (Phi) is 13.1. The summed E-state index contributed by atoms with van der Waals surface area (Å²) in [6.07, 6.45) is 0. The van der Waals surface area contributed by atoms with E-state index in [9.17, 15) is 0 Å². The minimum absolute atomic E-state index is 0. The first-order valence-corrected chi connectivity index (χ1v) is 3.10. The van der Waals surface area contributed by atoms with Gasteiger partial charge < -0.3 is 5.43 Å². The summed E-state index contributed by atoms with van der Waals surface area (Å²) >= 11 is 0. The molecule has 0 heterocycles. The molecule has 0 radical (unpaired) electrons. The zero-order chi connectivity index (χ0) is 7.70. The van der Waals surface area contributed by atoms with Crippen LogP contribution in [-0.2, 0) is 0 Å². The summed E-state index contributed by atoms with van der Waals surface area (Å²) in [5, 5.41) is 0. The highest BCUT2D eigenvalue weighted by molar-refractivity contribution is 4.80. The van der Waals surface area contributed by atoms with E-state index in [0.29, 0.717) is 0 Å².